The van der Waals surface area contributed by atoms with E-state index in [1.54, 1.807) is 0 Å². The van der Waals surface area contributed by atoms with Gasteiger partial charge in [-0.3, -0.25) is 4.79 Å². The second-order valence-electron chi connectivity index (χ2n) is 9.80. The van der Waals surface area contributed by atoms with Crippen molar-refractivity contribution in [3.8, 4) is 0 Å². The topological polar surface area (TPSA) is 75.3 Å². The first-order chi connectivity index (χ1) is 14.3. The third-order valence-corrected chi connectivity index (χ3v) is 8.73. The van der Waals surface area contributed by atoms with E-state index in [1.807, 2.05) is 0 Å². The summed E-state index contributed by atoms with van der Waals surface area (Å²) in [7, 11) is -4.75. The van der Waals surface area contributed by atoms with Crippen LogP contribution in [0.3, 0.4) is 0 Å². The van der Waals surface area contributed by atoms with Crippen molar-refractivity contribution in [2.45, 2.75) is 68.6 Å². The van der Waals surface area contributed by atoms with Gasteiger partial charge in [-0.25, -0.2) is 12.8 Å². The Morgan fingerprint density at radius 3 is 2.06 bits per heavy atom. The van der Waals surface area contributed by atoms with Gasteiger partial charge in [-0.2, -0.15) is 17.9 Å². The molecule has 172 valence electrons. The van der Waals surface area contributed by atoms with Gasteiger partial charge >= 0.3 is 6.18 Å². The number of alkyl halides is 3. The first-order valence-corrected chi connectivity index (χ1v) is 12.0. The molecule has 4 bridgehead atoms. The van der Waals surface area contributed by atoms with Gasteiger partial charge in [-0.05, 0) is 87.8 Å². The van der Waals surface area contributed by atoms with Crippen molar-refractivity contribution < 1.29 is 30.8 Å². The van der Waals surface area contributed by atoms with Crippen LogP contribution in [0.25, 0.3) is 0 Å². The fraction of sp³-hybridized carbons (Fsp3) is 0.667. The number of benzene rings is 1. The Labute approximate surface area is 179 Å². The Kier molecular flexibility index (Phi) is 5.40. The lowest BCUT2D eigenvalue weighted by Crippen LogP contribution is -2.62. The lowest BCUT2D eigenvalue weighted by molar-refractivity contribution is -0.140. The number of halogens is 4. The fourth-order valence-electron chi connectivity index (χ4n) is 5.89. The third kappa shape index (κ3) is 4.33. The number of sulfonamides is 1. The number of nitrogens with one attached hydrogen (secondary N) is 2. The minimum atomic E-state index is -5.07. The van der Waals surface area contributed by atoms with Crippen LogP contribution in [0.4, 0.5) is 17.6 Å². The standard InChI is InChI=1S/C21H26F4N2O3S/c1-20(2,19(28)26-18-13-6-11-5-12(8-13)9-14(18)7-11)27-31(29,30)17-4-3-15(22)10-16(17)21(23,24)25/h3-4,10-14,18,27H,5-9H2,1-2H3,(H,26,28). The van der Waals surface area contributed by atoms with Gasteiger partial charge in [-0.15, -0.1) is 0 Å². The van der Waals surface area contributed by atoms with Gasteiger partial charge in [-0.1, -0.05) is 0 Å². The fourth-order valence-corrected chi connectivity index (χ4v) is 7.47. The Bertz CT molecular complexity index is 963. The van der Waals surface area contributed by atoms with Crippen molar-refractivity contribution >= 4 is 15.9 Å². The second-order valence-corrected chi connectivity index (χ2v) is 11.4. The predicted molar refractivity (Wildman–Crippen MR) is 105 cm³/mol. The zero-order valence-corrected chi connectivity index (χ0v) is 18.1. The first-order valence-electron chi connectivity index (χ1n) is 10.5. The first kappa shape index (κ1) is 22.5. The molecular formula is C21H26F4N2O3S. The van der Waals surface area contributed by atoms with Crippen LogP contribution in [-0.4, -0.2) is 25.9 Å². The average Bonchev–Trinajstić information content (AvgIpc) is 2.62. The molecule has 2 N–H and O–H groups in total. The summed E-state index contributed by atoms with van der Waals surface area (Å²) in [6, 6.07) is 1.30. The van der Waals surface area contributed by atoms with E-state index in [0.29, 0.717) is 35.8 Å². The molecule has 0 saturated heterocycles. The molecule has 1 aromatic rings. The van der Waals surface area contributed by atoms with E-state index < -0.39 is 43.9 Å². The lowest BCUT2D eigenvalue weighted by Gasteiger charge is -2.54. The molecule has 31 heavy (non-hydrogen) atoms. The van der Waals surface area contributed by atoms with E-state index in [-0.39, 0.29) is 12.1 Å². The number of rotatable bonds is 5. The molecule has 4 aliphatic carbocycles. The monoisotopic (exact) mass is 462 g/mol. The minimum Gasteiger partial charge on any atom is -0.351 e. The maximum Gasteiger partial charge on any atom is 0.417 e. The van der Waals surface area contributed by atoms with Crippen LogP contribution in [0.5, 0.6) is 0 Å². The normalized spacial score (nSPS) is 30.5. The van der Waals surface area contributed by atoms with E-state index in [9.17, 15) is 30.8 Å². The van der Waals surface area contributed by atoms with Crippen molar-refractivity contribution in [3.05, 3.63) is 29.6 Å². The molecule has 5 nitrogen and oxygen atoms in total. The van der Waals surface area contributed by atoms with Crippen molar-refractivity contribution in [1.82, 2.24) is 10.0 Å². The highest BCUT2D eigenvalue weighted by Gasteiger charge is 2.50. The maximum atomic E-state index is 13.4. The molecular weight excluding hydrogens is 436 g/mol. The van der Waals surface area contributed by atoms with Crippen molar-refractivity contribution in [3.63, 3.8) is 0 Å². The quantitative estimate of drug-likeness (QED) is 0.653. The van der Waals surface area contributed by atoms with Crippen LogP contribution in [0, 0.1) is 29.5 Å². The van der Waals surface area contributed by atoms with Crippen LogP contribution >= 0.6 is 0 Å². The summed E-state index contributed by atoms with van der Waals surface area (Å²) in [6.07, 6.45) is 0.379. The maximum absolute atomic E-state index is 13.4. The molecule has 1 amide bonds. The van der Waals surface area contributed by atoms with Gasteiger partial charge in [0, 0.05) is 6.04 Å². The number of amides is 1. The highest BCUT2D eigenvalue weighted by Crippen LogP contribution is 2.53. The van der Waals surface area contributed by atoms with Crippen LogP contribution in [0.1, 0.15) is 51.5 Å². The van der Waals surface area contributed by atoms with E-state index in [2.05, 4.69) is 10.0 Å². The van der Waals surface area contributed by atoms with Gasteiger partial charge < -0.3 is 5.32 Å². The summed E-state index contributed by atoms with van der Waals surface area (Å²) in [5.74, 6) is 0.334. The van der Waals surface area contributed by atoms with Gasteiger partial charge in [0.25, 0.3) is 0 Å². The van der Waals surface area contributed by atoms with Crippen LogP contribution in [-0.2, 0) is 21.0 Å². The zero-order valence-electron chi connectivity index (χ0n) is 17.3. The molecule has 0 aliphatic heterocycles. The number of hydrogen-bond acceptors (Lipinski definition) is 3. The molecule has 4 saturated carbocycles. The average molecular weight is 463 g/mol. The summed E-state index contributed by atoms with van der Waals surface area (Å²) < 4.78 is 80.8. The van der Waals surface area contributed by atoms with Crippen molar-refractivity contribution in [2.75, 3.05) is 0 Å². The van der Waals surface area contributed by atoms with Crippen LogP contribution < -0.4 is 10.0 Å². The van der Waals surface area contributed by atoms with Gasteiger partial charge in [0.2, 0.25) is 15.9 Å². The predicted octanol–water partition coefficient (Wildman–Crippen LogP) is 3.84. The summed E-state index contributed by atoms with van der Waals surface area (Å²) in [6.45, 7) is 2.62. The molecule has 10 heteroatoms. The van der Waals surface area contributed by atoms with E-state index in [4.69, 9.17) is 0 Å². The summed E-state index contributed by atoms with van der Waals surface area (Å²) in [4.78, 5) is 11.9. The molecule has 0 spiro atoms. The molecule has 0 unspecified atom stereocenters. The second kappa shape index (κ2) is 7.43. The van der Waals surface area contributed by atoms with Crippen molar-refractivity contribution in [1.29, 1.82) is 0 Å². The number of carbonyl (C=O) groups is 1. The van der Waals surface area contributed by atoms with Gasteiger partial charge in [0.15, 0.2) is 0 Å². The zero-order chi connectivity index (χ0) is 22.8. The molecule has 4 fully saturated rings. The molecule has 5 rings (SSSR count). The smallest absolute Gasteiger partial charge is 0.351 e. The Hall–Kier alpha value is -1.68. The number of hydrogen-bond donors (Lipinski definition) is 2. The summed E-state index contributed by atoms with van der Waals surface area (Å²) >= 11 is 0. The molecule has 0 heterocycles. The van der Waals surface area contributed by atoms with E-state index in [0.717, 1.165) is 25.7 Å². The molecule has 1 aromatic carbocycles. The van der Waals surface area contributed by atoms with Crippen LogP contribution in [0.15, 0.2) is 23.1 Å². The molecule has 4 aliphatic rings. The molecule has 0 aromatic heterocycles. The highest BCUT2D eigenvalue weighted by atomic mass is 32.2. The molecule has 0 atom stereocenters. The third-order valence-electron chi connectivity index (χ3n) is 7.02. The Morgan fingerprint density at radius 2 is 1.55 bits per heavy atom. The lowest BCUT2D eigenvalue weighted by atomic mass is 9.54. The molecule has 0 radical (unpaired) electrons. The van der Waals surface area contributed by atoms with Crippen LogP contribution in [0.2, 0.25) is 0 Å². The largest absolute Gasteiger partial charge is 0.417 e. The highest BCUT2D eigenvalue weighted by molar-refractivity contribution is 7.89. The summed E-state index contributed by atoms with van der Waals surface area (Å²) in [5.41, 5.74) is -3.30. The number of carbonyl (C=O) groups excluding carboxylic acids is 1. The van der Waals surface area contributed by atoms with Crippen molar-refractivity contribution in [2.24, 2.45) is 23.7 Å². The SMILES string of the molecule is CC(C)(NS(=O)(=O)c1ccc(F)cc1C(F)(F)F)C(=O)NC1C2CC3CC(C2)CC1C3. The minimum absolute atomic E-state index is 0.0411. The Balaban J connectivity index is 1.52. The van der Waals surface area contributed by atoms with Gasteiger partial charge in [0.1, 0.15) is 11.4 Å². The van der Waals surface area contributed by atoms with E-state index in [1.165, 1.54) is 20.3 Å². The summed E-state index contributed by atoms with van der Waals surface area (Å²) in [5, 5.41) is 2.98. The van der Waals surface area contributed by atoms with Gasteiger partial charge in [0.05, 0.1) is 10.5 Å². The Morgan fingerprint density at radius 1 is 1.00 bits per heavy atom. The van der Waals surface area contributed by atoms with E-state index >= 15 is 0 Å².